The molecule has 5 rings (SSSR count). The lowest BCUT2D eigenvalue weighted by molar-refractivity contribution is 0.0508. The lowest BCUT2D eigenvalue weighted by atomic mass is 10.0. The van der Waals surface area contributed by atoms with Gasteiger partial charge in [-0.05, 0) is 76.1 Å². The molecule has 10 nitrogen and oxygen atoms in total. The lowest BCUT2D eigenvalue weighted by Crippen LogP contribution is -2.40. The van der Waals surface area contributed by atoms with Crippen molar-refractivity contribution >= 4 is 46.8 Å². The number of halogens is 2. The summed E-state index contributed by atoms with van der Waals surface area (Å²) in [4.78, 5) is 47.0. The normalized spacial score (nSPS) is 16.9. The molecule has 0 aliphatic carbocycles. The zero-order chi connectivity index (χ0) is 29.5. The smallest absolute Gasteiger partial charge is 0.407 e. The van der Waals surface area contributed by atoms with Crippen LogP contribution in [-0.4, -0.2) is 57.7 Å². The van der Waals surface area contributed by atoms with Gasteiger partial charge in [0.25, 0.3) is 11.5 Å². The van der Waals surface area contributed by atoms with Gasteiger partial charge in [-0.3, -0.25) is 9.59 Å². The number of carbonyl (C=O) groups excluding carboxylic acids is 2. The summed E-state index contributed by atoms with van der Waals surface area (Å²) in [5.41, 5.74) is 8.48. The molecule has 2 aliphatic rings. The topological polar surface area (TPSA) is 123 Å². The second kappa shape index (κ2) is 11.3. The molecule has 1 atom stereocenters. The Bertz CT molecular complexity index is 1550. The first kappa shape index (κ1) is 28.8. The summed E-state index contributed by atoms with van der Waals surface area (Å²) >= 11 is 12.1. The van der Waals surface area contributed by atoms with Crippen molar-refractivity contribution < 1.29 is 14.3 Å². The summed E-state index contributed by atoms with van der Waals surface area (Å²) in [7, 11) is 0. The van der Waals surface area contributed by atoms with Crippen molar-refractivity contribution in [3.8, 4) is 5.69 Å². The van der Waals surface area contributed by atoms with Crippen LogP contribution in [0.2, 0.25) is 10.0 Å². The Balaban J connectivity index is 1.28. The number of nitrogen functional groups attached to an aromatic ring is 1. The van der Waals surface area contributed by atoms with Crippen LogP contribution in [0.4, 0.5) is 16.4 Å². The Hall–Kier alpha value is -3.76. The van der Waals surface area contributed by atoms with Gasteiger partial charge < -0.3 is 25.6 Å². The Kier molecular flexibility index (Phi) is 7.89. The minimum atomic E-state index is -0.549. The summed E-state index contributed by atoms with van der Waals surface area (Å²) in [6.07, 6.45) is 0.732. The molecule has 1 saturated heterocycles. The van der Waals surface area contributed by atoms with Crippen molar-refractivity contribution in [1.82, 2.24) is 19.8 Å². The number of hydrogen-bond acceptors (Lipinski definition) is 7. The van der Waals surface area contributed by atoms with Crippen molar-refractivity contribution in [3.63, 3.8) is 0 Å². The van der Waals surface area contributed by atoms with E-state index in [-0.39, 0.29) is 30.0 Å². The highest BCUT2D eigenvalue weighted by Crippen LogP contribution is 2.26. The number of nitrogens with zero attached hydrogens (tertiary/aromatic N) is 4. The second-order valence-electron chi connectivity index (χ2n) is 11.2. The zero-order valence-electron chi connectivity index (χ0n) is 23.1. The highest BCUT2D eigenvalue weighted by molar-refractivity contribution is 6.42. The van der Waals surface area contributed by atoms with E-state index in [1.165, 1.54) is 10.6 Å². The van der Waals surface area contributed by atoms with Crippen molar-refractivity contribution in [2.24, 2.45) is 0 Å². The van der Waals surface area contributed by atoms with E-state index in [1.54, 1.807) is 17.0 Å². The lowest BCUT2D eigenvalue weighted by Gasteiger charge is -2.28. The number of benzene rings is 2. The van der Waals surface area contributed by atoms with Crippen molar-refractivity contribution in [3.05, 3.63) is 79.7 Å². The number of amides is 2. The third kappa shape index (κ3) is 6.28. The van der Waals surface area contributed by atoms with Crippen LogP contribution in [0.15, 0.2) is 47.3 Å². The molecule has 3 aromatic rings. The van der Waals surface area contributed by atoms with E-state index in [4.69, 9.17) is 33.7 Å². The van der Waals surface area contributed by atoms with Crippen LogP contribution in [0.5, 0.6) is 0 Å². The zero-order valence-corrected chi connectivity index (χ0v) is 24.6. The molecule has 0 bridgehead atoms. The van der Waals surface area contributed by atoms with Crippen LogP contribution in [0.3, 0.4) is 0 Å². The molecule has 2 aromatic carbocycles. The van der Waals surface area contributed by atoms with Gasteiger partial charge in [0.2, 0.25) is 5.95 Å². The molecular formula is C29H32Cl2N6O4. The van der Waals surface area contributed by atoms with Crippen LogP contribution in [0.25, 0.3) is 5.69 Å². The third-order valence-electron chi connectivity index (χ3n) is 7.10. The molecule has 216 valence electrons. The molecule has 2 aliphatic heterocycles. The van der Waals surface area contributed by atoms with Gasteiger partial charge in [0.05, 0.1) is 34.0 Å². The summed E-state index contributed by atoms with van der Waals surface area (Å²) in [5.74, 6) is -0.173. The molecule has 1 fully saturated rings. The van der Waals surface area contributed by atoms with Gasteiger partial charge in [0.1, 0.15) is 5.60 Å². The summed E-state index contributed by atoms with van der Waals surface area (Å²) in [5, 5.41) is 3.60. The van der Waals surface area contributed by atoms with E-state index in [2.05, 4.69) is 15.2 Å². The number of anilines is 2. The number of rotatable bonds is 4. The van der Waals surface area contributed by atoms with Crippen LogP contribution >= 0.6 is 23.2 Å². The van der Waals surface area contributed by atoms with E-state index in [0.717, 1.165) is 18.7 Å². The highest BCUT2D eigenvalue weighted by atomic mass is 35.5. The first-order valence-corrected chi connectivity index (χ1v) is 14.1. The molecular weight excluding hydrogens is 567 g/mol. The largest absolute Gasteiger partial charge is 0.444 e. The molecule has 0 spiro atoms. The fourth-order valence-corrected chi connectivity index (χ4v) is 5.44. The minimum absolute atomic E-state index is 0.0178. The number of carbonyl (C=O) groups is 2. The summed E-state index contributed by atoms with van der Waals surface area (Å²) in [6.45, 7) is 7.46. The van der Waals surface area contributed by atoms with Crippen LogP contribution < -0.4 is 21.5 Å². The van der Waals surface area contributed by atoms with E-state index < -0.39 is 11.7 Å². The van der Waals surface area contributed by atoms with E-state index >= 15 is 0 Å². The molecule has 1 unspecified atom stereocenters. The number of fused-ring (bicyclic) bond motifs is 1. The first-order valence-electron chi connectivity index (χ1n) is 13.4. The number of aromatic nitrogens is 2. The molecule has 2 amide bonds. The van der Waals surface area contributed by atoms with Crippen LogP contribution in [0.1, 0.15) is 48.8 Å². The van der Waals surface area contributed by atoms with Gasteiger partial charge in [-0.25, -0.2) is 14.3 Å². The van der Waals surface area contributed by atoms with Gasteiger partial charge in [-0.1, -0.05) is 23.2 Å². The second-order valence-corrected chi connectivity index (χ2v) is 12.1. The molecule has 12 heteroatoms. The Morgan fingerprint density at radius 1 is 1.05 bits per heavy atom. The average molecular weight is 600 g/mol. The predicted molar refractivity (Wildman–Crippen MR) is 159 cm³/mol. The van der Waals surface area contributed by atoms with E-state index in [1.807, 2.05) is 45.0 Å². The predicted octanol–water partition coefficient (Wildman–Crippen LogP) is 4.42. The quantitative estimate of drug-likeness (QED) is 0.455. The fourth-order valence-electron chi connectivity index (χ4n) is 5.14. The maximum atomic E-state index is 13.5. The van der Waals surface area contributed by atoms with Crippen molar-refractivity contribution in [2.45, 2.75) is 51.8 Å². The minimum Gasteiger partial charge on any atom is -0.444 e. The van der Waals surface area contributed by atoms with Gasteiger partial charge in [0.15, 0.2) is 0 Å². The van der Waals surface area contributed by atoms with Gasteiger partial charge >= 0.3 is 6.09 Å². The maximum Gasteiger partial charge on any atom is 0.407 e. The van der Waals surface area contributed by atoms with Crippen LogP contribution in [0, 0.1) is 0 Å². The van der Waals surface area contributed by atoms with Gasteiger partial charge in [-0.2, -0.15) is 0 Å². The van der Waals surface area contributed by atoms with Crippen LogP contribution in [-0.2, 0) is 17.7 Å². The summed E-state index contributed by atoms with van der Waals surface area (Å²) < 4.78 is 6.76. The molecule has 1 aromatic heterocycles. The Morgan fingerprint density at radius 2 is 1.76 bits per heavy atom. The van der Waals surface area contributed by atoms with E-state index in [0.29, 0.717) is 52.1 Å². The number of ether oxygens (including phenoxy) is 1. The van der Waals surface area contributed by atoms with Gasteiger partial charge in [0, 0.05) is 36.4 Å². The molecule has 3 N–H and O–H groups in total. The summed E-state index contributed by atoms with van der Waals surface area (Å²) in [6, 6.07) is 12.2. The SMILES string of the molecule is CC(C)(C)OC(=O)NC1CCN(c2ccc(-n3c(N)nc4c(c3=O)CCN(C(=O)c3ccc(Cl)c(Cl)c3)C4)cc2)C1. The average Bonchev–Trinajstić information content (AvgIpc) is 3.37. The van der Waals surface area contributed by atoms with Crippen molar-refractivity contribution in [2.75, 3.05) is 30.3 Å². The highest BCUT2D eigenvalue weighted by Gasteiger charge is 2.28. The molecule has 0 saturated carbocycles. The standard InChI is InChI=1S/C29H32Cl2N6O4/c1-29(2,3)41-28(40)33-18-10-12-35(15-18)19-5-7-20(8-6-19)37-26(39)21-11-13-36(16-24(21)34-27(37)32)25(38)17-4-9-22(30)23(31)14-17/h4-9,14,18H,10-13,15-16H2,1-3H3,(H2,32,34)(H,33,40). The monoisotopic (exact) mass is 598 g/mol. The fraction of sp³-hybridized carbons (Fsp3) is 0.379. The van der Waals surface area contributed by atoms with Gasteiger partial charge in [-0.15, -0.1) is 0 Å². The molecule has 0 radical (unpaired) electrons. The molecule has 3 heterocycles. The number of hydrogen-bond donors (Lipinski definition) is 2. The number of alkyl carbamates (subject to hydrolysis) is 1. The molecule has 41 heavy (non-hydrogen) atoms. The van der Waals surface area contributed by atoms with E-state index in [9.17, 15) is 14.4 Å². The third-order valence-corrected chi connectivity index (χ3v) is 7.84. The number of nitrogens with one attached hydrogen (secondary N) is 1. The number of nitrogens with two attached hydrogens (primary N) is 1. The maximum absolute atomic E-state index is 13.5. The first-order chi connectivity index (χ1) is 19.4. The van der Waals surface area contributed by atoms with Crippen molar-refractivity contribution in [1.29, 1.82) is 0 Å². The Labute approximate surface area is 248 Å². The Morgan fingerprint density at radius 3 is 2.44 bits per heavy atom.